The number of aliphatic hydroxyl groups is 1. The molecule has 16 heavy (non-hydrogen) atoms. The quantitative estimate of drug-likeness (QED) is 0.780. The average molecular weight is 221 g/mol. The highest BCUT2D eigenvalue weighted by molar-refractivity contribution is 5.40. The number of aryl methyl sites for hydroxylation is 1. The lowest BCUT2D eigenvalue weighted by atomic mass is 10.1. The molecule has 1 heterocycles. The molecule has 1 aliphatic rings. The van der Waals surface area contributed by atoms with Crippen molar-refractivity contribution in [1.82, 2.24) is 4.98 Å². The standard InChI is InChI=1S/C13H19NO2/c1-3-16-12-8-9(2)14-13-10(12)6-4-5-7-11(13)15/h8,11,15H,3-7H2,1-2H3. The third-order valence-electron chi connectivity index (χ3n) is 3.01. The van der Waals surface area contributed by atoms with Gasteiger partial charge in [0, 0.05) is 17.3 Å². The largest absolute Gasteiger partial charge is 0.493 e. The fourth-order valence-corrected chi connectivity index (χ4v) is 2.28. The molecule has 0 bridgehead atoms. The van der Waals surface area contributed by atoms with Crippen LogP contribution in [0.1, 0.15) is 49.2 Å². The Hall–Kier alpha value is -1.09. The van der Waals surface area contributed by atoms with Gasteiger partial charge in [0.25, 0.3) is 0 Å². The van der Waals surface area contributed by atoms with Crippen LogP contribution in [0.4, 0.5) is 0 Å². The van der Waals surface area contributed by atoms with Crippen LogP contribution >= 0.6 is 0 Å². The highest BCUT2D eigenvalue weighted by atomic mass is 16.5. The number of ether oxygens (including phenoxy) is 1. The van der Waals surface area contributed by atoms with E-state index in [1.165, 1.54) is 0 Å². The zero-order valence-electron chi connectivity index (χ0n) is 9.99. The first-order valence-electron chi connectivity index (χ1n) is 6.03. The predicted octanol–water partition coefficient (Wildman–Crippen LogP) is 2.55. The number of pyridine rings is 1. The van der Waals surface area contributed by atoms with Gasteiger partial charge in [0.2, 0.25) is 0 Å². The van der Waals surface area contributed by atoms with E-state index in [0.717, 1.165) is 48.4 Å². The van der Waals surface area contributed by atoms with Gasteiger partial charge in [-0.3, -0.25) is 4.98 Å². The number of hydrogen-bond donors (Lipinski definition) is 1. The van der Waals surface area contributed by atoms with Crippen LogP contribution in [-0.4, -0.2) is 16.7 Å². The summed E-state index contributed by atoms with van der Waals surface area (Å²) in [7, 11) is 0. The Kier molecular flexibility index (Phi) is 3.44. The van der Waals surface area contributed by atoms with Gasteiger partial charge in [-0.15, -0.1) is 0 Å². The summed E-state index contributed by atoms with van der Waals surface area (Å²) in [6.07, 6.45) is 3.53. The molecule has 3 heteroatoms. The second-order valence-electron chi connectivity index (χ2n) is 4.32. The topological polar surface area (TPSA) is 42.4 Å². The highest BCUT2D eigenvalue weighted by Crippen LogP contribution is 2.33. The van der Waals surface area contributed by atoms with Gasteiger partial charge in [-0.05, 0) is 33.1 Å². The third-order valence-corrected chi connectivity index (χ3v) is 3.01. The van der Waals surface area contributed by atoms with Crippen molar-refractivity contribution >= 4 is 0 Å². The maximum atomic E-state index is 10.0. The molecule has 0 aliphatic heterocycles. The molecule has 3 nitrogen and oxygen atoms in total. The summed E-state index contributed by atoms with van der Waals surface area (Å²) in [4.78, 5) is 4.47. The Morgan fingerprint density at radius 1 is 1.50 bits per heavy atom. The van der Waals surface area contributed by atoms with Crippen LogP contribution in [0.3, 0.4) is 0 Å². The molecule has 1 aromatic heterocycles. The Balaban J connectivity index is 2.47. The molecule has 1 N–H and O–H groups in total. The van der Waals surface area contributed by atoms with Crippen LogP contribution in [0.2, 0.25) is 0 Å². The van der Waals surface area contributed by atoms with E-state index in [1.807, 2.05) is 19.9 Å². The molecule has 0 saturated heterocycles. The normalized spacial score (nSPS) is 20.1. The van der Waals surface area contributed by atoms with Crippen LogP contribution < -0.4 is 4.74 Å². The molecule has 0 fully saturated rings. The molecular formula is C13H19NO2. The molecule has 0 amide bonds. The summed E-state index contributed by atoms with van der Waals surface area (Å²) < 4.78 is 5.64. The SMILES string of the molecule is CCOc1cc(C)nc2c1CCCCC2O. The molecule has 1 atom stereocenters. The average Bonchev–Trinajstić information content (AvgIpc) is 2.42. The summed E-state index contributed by atoms with van der Waals surface area (Å²) in [5.74, 6) is 0.908. The lowest BCUT2D eigenvalue weighted by Crippen LogP contribution is -2.07. The van der Waals surface area contributed by atoms with E-state index in [4.69, 9.17) is 4.74 Å². The number of nitrogens with zero attached hydrogens (tertiary/aromatic N) is 1. The molecule has 0 aromatic carbocycles. The van der Waals surface area contributed by atoms with Crippen molar-refractivity contribution in [3.63, 3.8) is 0 Å². The van der Waals surface area contributed by atoms with E-state index in [0.29, 0.717) is 6.61 Å². The summed E-state index contributed by atoms with van der Waals surface area (Å²) in [5.41, 5.74) is 2.86. The second-order valence-corrected chi connectivity index (χ2v) is 4.32. The third kappa shape index (κ3) is 2.19. The van der Waals surface area contributed by atoms with E-state index in [9.17, 15) is 5.11 Å². The minimum atomic E-state index is -0.420. The fraction of sp³-hybridized carbons (Fsp3) is 0.615. The van der Waals surface area contributed by atoms with Crippen molar-refractivity contribution in [1.29, 1.82) is 0 Å². The van der Waals surface area contributed by atoms with Crippen molar-refractivity contribution in [3.8, 4) is 5.75 Å². The van der Waals surface area contributed by atoms with Crippen LogP contribution in [-0.2, 0) is 6.42 Å². The number of aromatic nitrogens is 1. The first-order chi connectivity index (χ1) is 7.72. The predicted molar refractivity (Wildman–Crippen MR) is 62.7 cm³/mol. The van der Waals surface area contributed by atoms with Gasteiger partial charge in [-0.2, -0.15) is 0 Å². The molecular weight excluding hydrogens is 202 g/mol. The monoisotopic (exact) mass is 221 g/mol. The Morgan fingerprint density at radius 2 is 2.31 bits per heavy atom. The lowest BCUT2D eigenvalue weighted by Gasteiger charge is -2.15. The zero-order chi connectivity index (χ0) is 11.5. The van der Waals surface area contributed by atoms with Crippen LogP contribution in [0.5, 0.6) is 5.75 Å². The van der Waals surface area contributed by atoms with Crippen molar-refractivity contribution in [2.24, 2.45) is 0 Å². The fourth-order valence-electron chi connectivity index (χ4n) is 2.28. The lowest BCUT2D eigenvalue weighted by molar-refractivity contribution is 0.161. The van der Waals surface area contributed by atoms with Gasteiger partial charge in [0.15, 0.2) is 0 Å². The molecule has 0 spiro atoms. The van der Waals surface area contributed by atoms with Crippen LogP contribution in [0, 0.1) is 6.92 Å². The molecule has 2 rings (SSSR count). The van der Waals surface area contributed by atoms with Crippen molar-refractivity contribution in [2.45, 2.75) is 45.6 Å². The van der Waals surface area contributed by atoms with Crippen molar-refractivity contribution < 1.29 is 9.84 Å². The maximum absolute atomic E-state index is 10.0. The number of rotatable bonds is 2. The molecule has 1 unspecified atom stereocenters. The molecule has 1 aromatic rings. The number of fused-ring (bicyclic) bond motifs is 1. The molecule has 88 valence electrons. The van der Waals surface area contributed by atoms with Crippen molar-refractivity contribution in [2.75, 3.05) is 6.61 Å². The highest BCUT2D eigenvalue weighted by Gasteiger charge is 2.21. The van der Waals surface area contributed by atoms with Gasteiger partial charge in [0.05, 0.1) is 18.4 Å². The van der Waals surface area contributed by atoms with Gasteiger partial charge < -0.3 is 9.84 Å². The van der Waals surface area contributed by atoms with Gasteiger partial charge in [-0.25, -0.2) is 0 Å². The van der Waals surface area contributed by atoms with E-state index in [2.05, 4.69) is 4.98 Å². The van der Waals surface area contributed by atoms with Crippen LogP contribution in [0.25, 0.3) is 0 Å². The minimum absolute atomic E-state index is 0.420. The molecule has 1 aliphatic carbocycles. The smallest absolute Gasteiger partial charge is 0.126 e. The zero-order valence-corrected chi connectivity index (χ0v) is 9.99. The molecule has 0 radical (unpaired) electrons. The molecule has 0 saturated carbocycles. The van der Waals surface area contributed by atoms with E-state index >= 15 is 0 Å². The minimum Gasteiger partial charge on any atom is -0.493 e. The van der Waals surface area contributed by atoms with Crippen LogP contribution in [0.15, 0.2) is 6.07 Å². The van der Waals surface area contributed by atoms with E-state index in [-0.39, 0.29) is 0 Å². The second kappa shape index (κ2) is 4.83. The Bertz CT molecular complexity index is 376. The summed E-state index contributed by atoms with van der Waals surface area (Å²) >= 11 is 0. The maximum Gasteiger partial charge on any atom is 0.126 e. The van der Waals surface area contributed by atoms with Gasteiger partial charge in [-0.1, -0.05) is 6.42 Å². The first-order valence-corrected chi connectivity index (χ1v) is 6.03. The van der Waals surface area contributed by atoms with Gasteiger partial charge in [0.1, 0.15) is 5.75 Å². The van der Waals surface area contributed by atoms with Crippen molar-refractivity contribution in [3.05, 3.63) is 23.0 Å². The Morgan fingerprint density at radius 3 is 3.06 bits per heavy atom. The number of hydrogen-bond acceptors (Lipinski definition) is 3. The van der Waals surface area contributed by atoms with E-state index in [1.54, 1.807) is 0 Å². The van der Waals surface area contributed by atoms with E-state index < -0.39 is 6.10 Å². The summed E-state index contributed by atoms with van der Waals surface area (Å²) in [6.45, 7) is 4.59. The first kappa shape index (κ1) is 11.4. The Labute approximate surface area is 96.5 Å². The summed E-state index contributed by atoms with van der Waals surface area (Å²) in [5, 5.41) is 10.0. The summed E-state index contributed by atoms with van der Waals surface area (Å²) in [6, 6.07) is 1.97. The van der Waals surface area contributed by atoms with Gasteiger partial charge >= 0.3 is 0 Å². The number of aliphatic hydroxyl groups excluding tert-OH is 1.